The molecule has 0 saturated heterocycles. The van der Waals surface area contributed by atoms with Crippen LogP contribution in [0.5, 0.6) is 5.75 Å². The number of carbonyl (C=O) groups excluding carboxylic acids is 1. The third-order valence-electron chi connectivity index (χ3n) is 3.37. The van der Waals surface area contributed by atoms with E-state index in [1.165, 1.54) is 12.8 Å². The molecule has 17 heavy (non-hydrogen) atoms. The average Bonchev–Trinajstić information content (AvgIpc) is 2.76. The summed E-state index contributed by atoms with van der Waals surface area (Å²) in [5.74, 6) is 0.676. The zero-order chi connectivity index (χ0) is 12.3. The van der Waals surface area contributed by atoms with Crippen LogP contribution in [0.3, 0.4) is 0 Å². The van der Waals surface area contributed by atoms with Gasteiger partial charge in [-0.2, -0.15) is 0 Å². The SMILES string of the molecule is Cc1ccc(O)c(NC(=O)CC2CCCC2)c1. The van der Waals surface area contributed by atoms with Gasteiger partial charge in [-0.15, -0.1) is 0 Å². The number of aryl methyl sites for hydroxylation is 1. The van der Waals surface area contributed by atoms with Crippen LogP contribution in [0.15, 0.2) is 18.2 Å². The van der Waals surface area contributed by atoms with Crippen LogP contribution in [0, 0.1) is 12.8 Å². The Morgan fingerprint density at radius 3 is 2.82 bits per heavy atom. The topological polar surface area (TPSA) is 49.3 Å². The number of hydrogen-bond acceptors (Lipinski definition) is 2. The highest BCUT2D eigenvalue weighted by Gasteiger charge is 2.18. The fourth-order valence-electron chi connectivity index (χ4n) is 2.43. The highest BCUT2D eigenvalue weighted by molar-refractivity contribution is 5.92. The summed E-state index contributed by atoms with van der Waals surface area (Å²) in [5.41, 5.74) is 1.55. The number of phenols is 1. The lowest BCUT2D eigenvalue weighted by atomic mass is 10.0. The molecule has 1 amide bonds. The lowest BCUT2D eigenvalue weighted by Crippen LogP contribution is -2.15. The second-order valence-corrected chi connectivity index (χ2v) is 4.92. The fraction of sp³-hybridized carbons (Fsp3) is 0.500. The Labute approximate surface area is 102 Å². The van der Waals surface area contributed by atoms with Crippen molar-refractivity contribution in [2.45, 2.75) is 39.0 Å². The number of phenolic OH excluding ortho intramolecular Hbond substituents is 1. The minimum atomic E-state index is 0.0119. The summed E-state index contributed by atoms with van der Waals surface area (Å²) in [6, 6.07) is 5.23. The van der Waals surface area contributed by atoms with Gasteiger partial charge in [0.05, 0.1) is 5.69 Å². The molecule has 3 heteroatoms. The first-order valence-corrected chi connectivity index (χ1v) is 6.24. The van der Waals surface area contributed by atoms with Crippen LogP contribution in [-0.4, -0.2) is 11.0 Å². The van der Waals surface area contributed by atoms with Crippen molar-refractivity contribution in [3.8, 4) is 5.75 Å². The van der Waals surface area contributed by atoms with Crippen LogP contribution in [0.25, 0.3) is 0 Å². The molecular weight excluding hydrogens is 214 g/mol. The van der Waals surface area contributed by atoms with Crippen molar-refractivity contribution in [1.29, 1.82) is 0 Å². The number of carbonyl (C=O) groups is 1. The van der Waals surface area contributed by atoms with Crippen LogP contribution < -0.4 is 5.32 Å². The maximum absolute atomic E-state index is 11.8. The highest BCUT2D eigenvalue weighted by Crippen LogP contribution is 2.29. The zero-order valence-electron chi connectivity index (χ0n) is 10.2. The van der Waals surface area contributed by atoms with Crippen molar-refractivity contribution in [3.05, 3.63) is 23.8 Å². The maximum atomic E-state index is 11.8. The van der Waals surface area contributed by atoms with Crippen molar-refractivity contribution in [3.63, 3.8) is 0 Å². The predicted molar refractivity (Wildman–Crippen MR) is 68.0 cm³/mol. The second kappa shape index (κ2) is 5.21. The lowest BCUT2D eigenvalue weighted by molar-refractivity contribution is -0.117. The Hall–Kier alpha value is -1.51. The average molecular weight is 233 g/mol. The van der Waals surface area contributed by atoms with Crippen molar-refractivity contribution in [2.24, 2.45) is 5.92 Å². The minimum absolute atomic E-state index is 0.0119. The summed E-state index contributed by atoms with van der Waals surface area (Å²) >= 11 is 0. The molecule has 2 rings (SSSR count). The van der Waals surface area contributed by atoms with Gasteiger partial charge < -0.3 is 10.4 Å². The number of hydrogen-bond donors (Lipinski definition) is 2. The molecule has 1 aromatic carbocycles. The number of anilines is 1. The van der Waals surface area contributed by atoms with Gasteiger partial charge in [-0.05, 0) is 43.4 Å². The molecule has 1 fully saturated rings. The molecule has 1 aliphatic carbocycles. The Morgan fingerprint density at radius 2 is 2.12 bits per heavy atom. The molecule has 0 unspecified atom stereocenters. The molecular formula is C14H19NO2. The van der Waals surface area contributed by atoms with Gasteiger partial charge in [0.15, 0.2) is 0 Å². The third kappa shape index (κ3) is 3.22. The lowest BCUT2D eigenvalue weighted by Gasteiger charge is -2.11. The Balaban J connectivity index is 1.95. The van der Waals surface area contributed by atoms with Gasteiger partial charge in [-0.3, -0.25) is 4.79 Å². The summed E-state index contributed by atoms with van der Waals surface area (Å²) in [6.45, 7) is 1.94. The van der Waals surface area contributed by atoms with E-state index in [0.717, 1.165) is 18.4 Å². The molecule has 1 aliphatic rings. The van der Waals surface area contributed by atoms with Gasteiger partial charge in [0.1, 0.15) is 5.75 Å². The van der Waals surface area contributed by atoms with Crippen molar-refractivity contribution >= 4 is 11.6 Å². The second-order valence-electron chi connectivity index (χ2n) is 4.92. The molecule has 0 spiro atoms. The van der Waals surface area contributed by atoms with E-state index in [2.05, 4.69) is 5.32 Å². The molecule has 2 N–H and O–H groups in total. The molecule has 0 atom stereocenters. The van der Waals surface area contributed by atoms with Gasteiger partial charge in [-0.1, -0.05) is 18.9 Å². The first-order chi connectivity index (χ1) is 8.15. The fourth-order valence-corrected chi connectivity index (χ4v) is 2.43. The molecule has 0 aliphatic heterocycles. The van der Waals surface area contributed by atoms with Crippen LogP contribution in [0.2, 0.25) is 0 Å². The van der Waals surface area contributed by atoms with Crippen molar-refractivity contribution in [1.82, 2.24) is 0 Å². The van der Waals surface area contributed by atoms with E-state index in [0.29, 0.717) is 18.0 Å². The van der Waals surface area contributed by atoms with E-state index >= 15 is 0 Å². The number of amides is 1. The normalized spacial score (nSPS) is 16.1. The van der Waals surface area contributed by atoms with Gasteiger partial charge in [0.25, 0.3) is 0 Å². The van der Waals surface area contributed by atoms with Crippen LogP contribution in [-0.2, 0) is 4.79 Å². The van der Waals surface area contributed by atoms with E-state index in [-0.39, 0.29) is 11.7 Å². The summed E-state index contributed by atoms with van der Waals surface area (Å²) < 4.78 is 0. The Kier molecular flexibility index (Phi) is 3.67. The van der Waals surface area contributed by atoms with Crippen LogP contribution in [0.1, 0.15) is 37.7 Å². The summed E-state index contributed by atoms with van der Waals surface area (Å²) in [5, 5.41) is 12.4. The van der Waals surface area contributed by atoms with E-state index in [1.807, 2.05) is 13.0 Å². The number of rotatable bonds is 3. The smallest absolute Gasteiger partial charge is 0.224 e. The quantitative estimate of drug-likeness (QED) is 0.787. The number of nitrogens with one attached hydrogen (secondary N) is 1. The van der Waals surface area contributed by atoms with E-state index in [4.69, 9.17) is 0 Å². The van der Waals surface area contributed by atoms with Gasteiger partial charge in [-0.25, -0.2) is 0 Å². The largest absolute Gasteiger partial charge is 0.506 e. The first kappa shape index (κ1) is 12.0. The molecule has 92 valence electrons. The zero-order valence-corrected chi connectivity index (χ0v) is 10.2. The number of aromatic hydroxyl groups is 1. The van der Waals surface area contributed by atoms with Gasteiger partial charge in [0, 0.05) is 6.42 Å². The predicted octanol–water partition coefficient (Wildman–Crippen LogP) is 3.22. The van der Waals surface area contributed by atoms with Crippen molar-refractivity contribution in [2.75, 3.05) is 5.32 Å². The van der Waals surface area contributed by atoms with E-state index in [9.17, 15) is 9.90 Å². The maximum Gasteiger partial charge on any atom is 0.224 e. The van der Waals surface area contributed by atoms with E-state index in [1.54, 1.807) is 12.1 Å². The monoisotopic (exact) mass is 233 g/mol. The Bertz CT molecular complexity index is 409. The third-order valence-corrected chi connectivity index (χ3v) is 3.37. The Morgan fingerprint density at radius 1 is 1.41 bits per heavy atom. The van der Waals surface area contributed by atoms with E-state index < -0.39 is 0 Å². The molecule has 1 saturated carbocycles. The standard InChI is InChI=1S/C14H19NO2/c1-10-6-7-13(16)12(8-10)15-14(17)9-11-4-2-3-5-11/h6-8,11,16H,2-5,9H2,1H3,(H,15,17). The molecule has 0 bridgehead atoms. The summed E-state index contributed by atoms with van der Waals surface area (Å²) in [6.07, 6.45) is 5.38. The van der Waals surface area contributed by atoms with Crippen molar-refractivity contribution < 1.29 is 9.90 Å². The molecule has 0 heterocycles. The first-order valence-electron chi connectivity index (χ1n) is 6.24. The molecule has 3 nitrogen and oxygen atoms in total. The van der Waals surface area contributed by atoms with Crippen LogP contribution >= 0.6 is 0 Å². The van der Waals surface area contributed by atoms with Crippen LogP contribution in [0.4, 0.5) is 5.69 Å². The van der Waals surface area contributed by atoms with Gasteiger partial charge >= 0.3 is 0 Å². The summed E-state index contributed by atoms with van der Waals surface area (Å²) in [7, 11) is 0. The van der Waals surface area contributed by atoms with Gasteiger partial charge in [0.2, 0.25) is 5.91 Å². The molecule has 1 aromatic rings. The molecule has 0 aromatic heterocycles. The minimum Gasteiger partial charge on any atom is -0.506 e. The molecule has 0 radical (unpaired) electrons. The number of benzene rings is 1. The summed E-state index contributed by atoms with van der Waals surface area (Å²) in [4.78, 5) is 11.8. The highest BCUT2D eigenvalue weighted by atomic mass is 16.3.